The van der Waals surface area contributed by atoms with Gasteiger partial charge in [0.25, 0.3) is 5.91 Å². The molecule has 2 rings (SSSR count). The highest BCUT2D eigenvalue weighted by molar-refractivity contribution is 5.99. The third-order valence-electron chi connectivity index (χ3n) is 6.15. The second-order valence-electron chi connectivity index (χ2n) is 12.2. The number of carbonyl (C=O) groups excluding carboxylic acids is 3. The summed E-state index contributed by atoms with van der Waals surface area (Å²) in [5.74, 6) is -0.342. The van der Waals surface area contributed by atoms with Gasteiger partial charge in [-0.3, -0.25) is 9.59 Å². The van der Waals surface area contributed by atoms with Gasteiger partial charge in [0.05, 0.1) is 7.11 Å². The predicted molar refractivity (Wildman–Crippen MR) is 155 cm³/mol. The minimum atomic E-state index is -0.970. The van der Waals surface area contributed by atoms with Gasteiger partial charge in [-0.05, 0) is 96.7 Å². The average molecular weight is 540 g/mol. The van der Waals surface area contributed by atoms with Crippen LogP contribution in [-0.2, 0) is 14.3 Å². The van der Waals surface area contributed by atoms with Crippen LogP contribution < -0.4 is 15.4 Å². The number of ether oxygens (including phenoxy) is 2. The van der Waals surface area contributed by atoms with E-state index in [2.05, 4.69) is 10.6 Å². The Bertz CT molecular complexity index is 1160. The molecule has 0 aromatic heterocycles. The number of amides is 3. The number of aryl methyl sites for hydroxylation is 2. The monoisotopic (exact) mass is 539 g/mol. The maximum Gasteiger partial charge on any atom is 0.408 e. The van der Waals surface area contributed by atoms with Crippen LogP contribution >= 0.6 is 0 Å². The summed E-state index contributed by atoms with van der Waals surface area (Å²) < 4.78 is 10.7. The molecular weight excluding hydrogens is 494 g/mol. The van der Waals surface area contributed by atoms with Crippen LogP contribution in [-0.4, -0.2) is 47.1 Å². The number of nitrogens with one attached hydrogen (secondary N) is 2. The van der Waals surface area contributed by atoms with Crippen LogP contribution in [0.25, 0.3) is 0 Å². The lowest BCUT2D eigenvalue weighted by Gasteiger charge is -2.44. The zero-order chi connectivity index (χ0) is 29.7. The van der Waals surface area contributed by atoms with Crippen LogP contribution in [0.3, 0.4) is 0 Å². The van der Waals surface area contributed by atoms with Gasteiger partial charge in [0, 0.05) is 11.2 Å². The van der Waals surface area contributed by atoms with E-state index in [-0.39, 0.29) is 17.7 Å². The second-order valence-corrected chi connectivity index (χ2v) is 12.2. The van der Waals surface area contributed by atoms with Crippen molar-refractivity contribution in [2.45, 2.75) is 92.5 Å². The number of hydrogen-bond acceptors (Lipinski definition) is 5. The van der Waals surface area contributed by atoms with Crippen molar-refractivity contribution in [1.29, 1.82) is 0 Å². The Morgan fingerprint density at radius 2 is 1.49 bits per heavy atom. The van der Waals surface area contributed by atoms with Crippen molar-refractivity contribution >= 4 is 23.6 Å². The van der Waals surface area contributed by atoms with Crippen molar-refractivity contribution in [1.82, 2.24) is 10.2 Å². The molecule has 8 nitrogen and oxygen atoms in total. The smallest absolute Gasteiger partial charge is 0.408 e. The summed E-state index contributed by atoms with van der Waals surface area (Å²) in [6.45, 7) is 18.6. The van der Waals surface area contributed by atoms with Crippen LogP contribution in [0.4, 0.5) is 10.5 Å². The summed E-state index contributed by atoms with van der Waals surface area (Å²) in [6, 6.07) is 10.9. The normalized spacial score (nSPS) is 13.3. The topological polar surface area (TPSA) is 97.0 Å². The molecule has 3 amide bonds. The van der Waals surface area contributed by atoms with Crippen molar-refractivity contribution in [2.24, 2.45) is 5.92 Å². The molecule has 0 saturated carbocycles. The number of hydrogen-bond donors (Lipinski definition) is 2. The van der Waals surface area contributed by atoms with E-state index in [4.69, 9.17) is 9.47 Å². The Morgan fingerprint density at radius 3 is 1.95 bits per heavy atom. The molecule has 0 aliphatic carbocycles. The summed E-state index contributed by atoms with van der Waals surface area (Å²) in [5.41, 5.74) is 1.70. The largest absolute Gasteiger partial charge is 0.497 e. The third kappa shape index (κ3) is 8.73. The number of methoxy groups -OCH3 is 1. The van der Waals surface area contributed by atoms with Crippen LogP contribution in [0.15, 0.2) is 42.5 Å². The summed E-state index contributed by atoms with van der Waals surface area (Å²) >= 11 is 0. The molecule has 2 atom stereocenters. The first kappa shape index (κ1) is 31.7. The fourth-order valence-electron chi connectivity index (χ4n) is 4.36. The summed E-state index contributed by atoms with van der Waals surface area (Å²) in [5, 5.41) is 5.74. The Labute approximate surface area is 233 Å². The van der Waals surface area contributed by atoms with E-state index in [1.165, 1.54) is 0 Å². The lowest BCUT2D eigenvalue weighted by molar-refractivity contribution is -0.147. The minimum absolute atomic E-state index is 0.265. The molecule has 214 valence electrons. The first-order valence-corrected chi connectivity index (χ1v) is 13.3. The van der Waals surface area contributed by atoms with Crippen LogP contribution in [0.1, 0.15) is 78.1 Å². The van der Waals surface area contributed by atoms with Crippen molar-refractivity contribution in [3.8, 4) is 5.75 Å². The molecule has 2 N–H and O–H groups in total. The SMILES string of the molecule is COc1ccc(NC(=O)C(c2ccc(C)cc2C)N(C(=O)C(NC(=O)OC(C)(C)C)C(C)C)C(C)(C)C)cc1. The molecule has 0 radical (unpaired) electrons. The average Bonchev–Trinajstić information content (AvgIpc) is 2.79. The molecule has 0 bridgehead atoms. The van der Waals surface area contributed by atoms with Gasteiger partial charge < -0.3 is 25.0 Å². The van der Waals surface area contributed by atoms with E-state index in [1.54, 1.807) is 57.0 Å². The van der Waals surface area contributed by atoms with Gasteiger partial charge >= 0.3 is 6.09 Å². The lowest BCUT2D eigenvalue weighted by atomic mass is 9.91. The Morgan fingerprint density at radius 1 is 0.897 bits per heavy atom. The molecule has 2 aromatic carbocycles. The Kier molecular flexibility index (Phi) is 10.2. The van der Waals surface area contributed by atoms with Gasteiger partial charge in [0.1, 0.15) is 23.4 Å². The number of anilines is 1. The van der Waals surface area contributed by atoms with Crippen molar-refractivity contribution < 1.29 is 23.9 Å². The fourth-order valence-corrected chi connectivity index (χ4v) is 4.36. The van der Waals surface area contributed by atoms with Gasteiger partial charge in [-0.25, -0.2) is 4.79 Å². The van der Waals surface area contributed by atoms with Crippen molar-refractivity contribution in [3.63, 3.8) is 0 Å². The molecular formula is C31H45N3O5. The molecule has 0 aliphatic heterocycles. The molecule has 0 aliphatic rings. The number of carbonyl (C=O) groups is 3. The maximum absolute atomic E-state index is 14.3. The molecule has 8 heteroatoms. The van der Waals surface area contributed by atoms with E-state index in [0.717, 1.165) is 11.1 Å². The highest BCUT2D eigenvalue weighted by atomic mass is 16.6. The number of benzene rings is 2. The number of alkyl carbamates (subject to hydrolysis) is 1. The quantitative estimate of drug-likeness (QED) is 0.418. The molecule has 0 fully saturated rings. The van der Waals surface area contributed by atoms with Gasteiger partial charge in [0.2, 0.25) is 5.91 Å². The van der Waals surface area contributed by atoms with Gasteiger partial charge in [-0.1, -0.05) is 37.6 Å². The second kappa shape index (κ2) is 12.5. The highest BCUT2D eigenvalue weighted by Crippen LogP contribution is 2.34. The number of rotatable bonds is 8. The summed E-state index contributed by atoms with van der Waals surface area (Å²) in [7, 11) is 1.58. The van der Waals surface area contributed by atoms with E-state index < -0.39 is 29.3 Å². The summed E-state index contributed by atoms with van der Waals surface area (Å²) in [4.78, 5) is 42.7. The zero-order valence-electron chi connectivity index (χ0n) is 25.3. The predicted octanol–water partition coefficient (Wildman–Crippen LogP) is 6.17. The van der Waals surface area contributed by atoms with Crippen molar-refractivity contribution in [3.05, 3.63) is 59.2 Å². The van der Waals surface area contributed by atoms with E-state index in [9.17, 15) is 14.4 Å². The van der Waals surface area contributed by atoms with Crippen LogP contribution in [0, 0.1) is 19.8 Å². The fraction of sp³-hybridized carbons (Fsp3) is 0.516. The third-order valence-corrected chi connectivity index (χ3v) is 6.15. The van der Waals surface area contributed by atoms with Crippen LogP contribution in [0.5, 0.6) is 5.75 Å². The highest BCUT2D eigenvalue weighted by Gasteiger charge is 2.43. The molecule has 0 heterocycles. The standard InChI is InChI=1S/C31H45N3O5/c1-19(2)25(33-29(37)39-31(8,9)10)28(36)34(30(5,6)7)26(24-17-12-20(3)18-21(24)4)27(35)32-22-13-15-23(38-11)16-14-22/h12-19,25-26H,1-11H3,(H,32,35)(H,33,37). The molecule has 2 unspecified atom stereocenters. The zero-order valence-corrected chi connectivity index (χ0v) is 25.3. The van der Waals surface area contributed by atoms with E-state index >= 15 is 0 Å². The lowest BCUT2D eigenvalue weighted by Crippen LogP contribution is -2.59. The minimum Gasteiger partial charge on any atom is -0.497 e. The van der Waals surface area contributed by atoms with E-state index in [0.29, 0.717) is 17.0 Å². The Balaban J connectivity index is 2.61. The Hall–Kier alpha value is -3.55. The first-order valence-electron chi connectivity index (χ1n) is 13.3. The molecule has 2 aromatic rings. The molecule has 0 saturated heterocycles. The summed E-state index contributed by atoms with van der Waals surface area (Å²) in [6.07, 6.45) is -0.686. The maximum atomic E-state index is 14.3. The van der Waals surface area contributed by atoms with Gasteiger partial charge in [-0.2, -0.15) is 0 Å². The van der Waals surface area contributed by atoms with Gasteiger partial charge in [-0.15, -0.1) is 0 Å². The molecule has 0 spiro atoms. The first-order chi connectivity index (χ1) is 17.9. The van der Waals surface area contributed by atoms with Crippen molar-refractivity contribution in [2.75, 3.05) is 12.4 Å². The van der Waals surface area contributed by atoms with Gasteiger partial charge in [0.15, 0.2) is 0 Å². The number of nitrogens with zero attached hydrogens (tertiary/aromatic N) is 1. The molecule has 39 heavy (non-hydrogen) atoms. The van der Waals surface area contributed by atoms with Crippen LogP contribution in [0.2, 0.25) is 0 Å². The van der Waals surface area contributed by atoms with E-state index in [1.807, 2.05) is 66.7 Å².